The van der Waals surface area contributed by atoms with Gasteiger partial charge in [-0.15, -0.1) is 0 Å². The molecule has 0 amide bonds. The number of aryl methyl sites for hydroxylation is 2. The van der Waals surface area contributed by atoms with Crippen LogP contribution in [0.1, 0.15) is 12.1 Å². The van der Waals surface area contributed by atoms with Gasteiger partial charge in [0.1, 0.15) is 0 Å². The van der Waals surface area contributed by atoms with E-state index in [2.05, 4.69) is 30.8 Å². The first-order chi connectivity index (χ1) is 9.60. The molecular weight excluding hydrogens is 342 g/mol. The minimum Gasteiger partial charge on any atom is -0.385 e. The summed E-state index contributed by atoms with van der Waals surface area (Å²) < 4.78 is 8.05. The number of methoxy groups -OCH3 is 1. The van der Waals surface area contributed by atoms with E-state index in [0.717, 1.165) is 41.4 Å². The van der Waals surface area contributed by atoms with Crippen molar-refractivity contribution in [2.45, 2.75) is 19.9 Å². The molecule has 1 aromatic carbocycles. The van der Waals surface area contributed by atoms with E-state index in [4.69, 9.17) is 16.3 Å². The van der Waals surface area contributed by atoms with Gasteiger partial charge in [-0.25, -0.2) is 4.98 Å². The van der Waals surface area contributed by atoms with E-state index in [0.29, 0.717) is 5.02 Å². The maximum atomic E-state index is 6.10. The zero-order chi connectivity index (χ0) is 14.5. The van der Waals surface area contributed by atoms with Gasteiger partial charge in [0.15, 0.2) is 0 Å². The molecule has 0 aliphatic heterocycles. The number of ether oxygens (including phenoxy) is 1. The number of anilines is 2. The molecule has 1 heterocycles. The van der Waals surface area contributed by atoms with Crippen LogP contribution in [-0.4, -0.2) is 23.3 Å². The maximum absolute atomic E-state index is 6.10. The molecule has 0 aliphatic rings. The van der Waals surface area contributed by atoms with Gasteiger partial charge in [0.05, 0.1) is 10.7 Å². The van der Waals surface area contributed by atoms with Gasteiger partial charge >= 0.3 is 0 Å². The van der Waals surface area contributed by atoms with E-state index in [1.165, 1.54) is 0 Å². The highest BCUT2D eigenvalue weighted by Gasteiger charge is 2.07. The molecule has 0 aliphatic carbocycles. The Kier molecular flexibility index (Phi) is 5.46. The van der Waals surface area contributed by atoms with E-state index in [-0.39, 0.29) is 0 Å². The summed E-state index contributed by atoms with van der Waals surface area (Å²) >= 11 is 9.48. The highest BCUT2D eigenvalue weighted by molar-refractivity contribution is 9.10. The first-order valence-corrected chi connectivity index (χ1v) is 7.52. The Bertz CT molecular complexity index is 586. The smallest absolute Gasteiger partial charge is 0.207 e. The molecule has 20 heavy (non-hydrogen) atoms. The zero-order valence-corrected chi connectivity index (χ0v) is 13.8. The third-order valence-electron chi connectivity index (χ3n) is 2.82. The lowest BCUT2D eigenvalue weighted by Crippen LogP contribution is -2.05. The summed E-state index contributed by atoms with van der Waals surface area (Å²) in [6.07, 6.45) is 2.97. The number of aromatic nitrogens is 2. The third kappa shape index (κ3) is 3.98. The van der Waals surface area contributed by atoms with Crippen molar-refractivity contribution in [2.75, 3.05) is 19.0 Å². The van der Waals surface area contributed by atoms with E-state index >= 15 is 0 Å². The van der Waals surface area contributed by atoms with Crippen LogP contribution in [0.4, 0.5) is 11.6 Å². The largest absolute Gasteiger partial charge is 0.385 e. The summed E-state index contributed by atoms with van der Waals surface area (Å²) in [6, 6.07) is 5.74. The van der Waals surface area contributed by atoms with Crippen LogP contribution in [0, 0.1) is 6.92 Å². The minimum absolute atomic E-state index is 0.671. The van der Waals surface area contributed by atoms with Crippen molar-refractivity contribution < 1.29 is 4.74 Å². The molecule has 0 unspecified atom stereocenters. The van der Waals surface area contributed by atoms with E-state index in [1.54, 1.807) is 7.11 Å². The number of nitrogens with one attached hydrogen (secondary N) is 1. The minimum atomic E-state index is 0.671. The van der Waals surface area contributed by atoms with Crippen LogP contribution >= 0.6 is 27.5 Å². The third-order valence-corrected chi connectivity index (χ3v) is 4.05. The number of imidazole rings is 1. The van der Waals surface area contributed by atoms with Crippen molar-refractivity contribution in [1.29, 1.82) is 0 Å². The van der Waals surface area contributed by atoms with Crippen LogP contribution in [0.5, 0.6) is 0 Å². The maximum Gasteiger partial charge on any atom is 0.207 e. The van der Waals surface area contributed by atoms with Gasteiger partial charge in [0.2, 0.25) is 5.95 Å². The molecule has 0 spiro atoms. The van der Waals surface area contributed by atoms with Crippen LogP contribution in [0.25, 0.3) is 0 Å². The molecule has 0 atom stereocenters. The van der Waals surface area contributed by atoms with Crippen molar-refractivity contribution >= 4 is 39.2 Å². The van der Waals surface area contributed by atoms with Gasteiger partial charge in [-0.2, -0.15) is 0 Å². The van der Waals surface area contributed by atoms with Gasteiger partial charge < -0.3 is 14.6 Å². The average molecular weight is 359 g/mol. The summed E-state index contributed by atoms with van der Waals surface area (Å²) in [5, 5.41) is 3.96. The van der Waals surface area contributed by atoms with Crippen LogP contribution in [0.2, 0.25) is 5.02 Å². The zero-order valence-electron chi connectivity index (χ0n) is 11.5. The summed E-state index contributed by atoms with van der Waals surface area (Å²) in [6.45, 7) is 3.58. The molecule has 0 saturated heterocycles. The monoisotopic (exact) mass is 357 g/mol. The lowest BCUT2D eigenvalue weighted by atomic mass is 10.3. The molecular formula is C14H17BrClN3O. The topological polar surface area (TPSA) is 39.1 Å². The second-order valence-corrected chi connectivity index (χ2v) is 5.76. The molecule has 0 radical (unpaired) electrons. The lowest BCUT2D eigenvalue weighted by molar-refractivity contribution is 0.190. The number of rotatable bonds is 6. The summed E-state index contributed by atoms with van der Waals surface area (Å²) in [5.41, 5.74) is 1.89. The SMILES string of the molecule is COCCCn1cc(C)nc1Nc1ccc(Br)c(Cl)c1. The fourth-order valence-electron chi connectivity index (χ4n) is 1.90. The Morgan fingerprint density at radius 2 is 2.25 bits per heavy atom. The molecule has 1 N–H and O–H groups in total. The molecule has 2 rings (SSSR count). The molecule has 0 saturated carbocycles. The number of halogens is 2. The standard InChI is InChI=1S/C14H17BrClN3O/c1-10-9-19(6-3-7-20-2)14(17-10)18-11-4-5-12(15)13(16)8-11/h4-5,8-9H,3,6-7H2,1-2H3,(H,17,18). The second-order valence-electron chi connectivity index (χ2n) is 4.50. The van der Waals surface area contributed by atoms with E-state index in [9.17, 15) is 0 Å². The van der Waals surface area contributed by atoms with Gasteiger partial charge in [0, 0.05) is 36.6 Å². The number of hydrogen-bond acceptors (Lipinski definition) is 3. The van der Waals surface area contributed by atoms with Gasteiger partial charge in [0.25, 0.3) is 0 Å². The van der Waals surface area contributed by atoms with Gasteiger partial charge in [-0.1, -0.05) is 11.6 Å². The van der Waals surface area contributed by atoms with Crippen LogP contribution in [0.15, 0.2) is 28.9 Å². The Balaban J connectivity index is 2.13. The summed E-state index contributed by atoms with van der Waals surface area (Å²) in [5.74, 6) is 0.817. The van der Waals surface area contributed by atoms with Crippen molar-refractivity contribution in [3.05, 3.63) is 39.6 Å². The summed E-state index contributed by atoms with van der Waals surface area (Å²) in [7, 11) is 1.71. The fourth-order valence-corrected chi connectivity index (χ4v) is 2.33. The van der Waals surface area contributed by atoms with Crippen LogP contribution in [-0.2, 0) is 11.3 Å². The Hall–Kier alpha value is -1.04. The van der Waals surface area contributed by atoms with E-state index in [1.807, 2.05) is 31.3 Å². The highest BCUT2D eigenvalue weighted by atomic mass is 79.9. The highest BCUT2D eigenvalue weighted by Crippen LogP contribution is 2.27. The van der Waals surface area contributed by atoms with Crippen LogP contribution in [0.3, 0.4) is 0 Å². The predicted octanol–water partition coefficient (Wildman–Crippen LogP) is 4.39. The Morgan fingerprint density at radius 1 is 1.45 bits per heavy atom. The quantitative estimate of drug-likeness (QED) is 0.779. The normalized spacial score (nSPS) is 10.8. The first-order valence-electron chi connectivity index (χ1n) is 6.35. The van der Waals surface area contributed by atoms with Gasteiger partial charge in [-0.3, -0.25) is 0 Å². The summed E-state index contributed by atoms with van der Waals surface area (Å²) in [4.78, 5) is 4.49. The molecule has 108 valence electrons. The molecule has 0 fully saturated rings. The van der Waals surface area contributed by atoms with Crippen LogP contribution < -0.4 is 5.32 Å². The van der Waals surface area contributed by atoms with Crippen molar-refractivity contribution in [3.63, 3.8) is 0 Å². The number of nitrogens with zero attached hydrogens (tertiary/aromatic N) is 2. The number of hydrogen-bond donors (Lipinski definition) is 1. The van der Waals surface area contributed by atoms with E-state index < -0.39 is 0 Å². The van der Waals surface area contributed by atoms with Crippen molar-refractivity contribution in [3.8, 4) is 0 Å². The molecule has 2 aromatic rings. The average Bonchev–Trinajstić information content (AvgIpc) is 2.74. The molecule has 0 bridgehead atoms. The molecule has 1 aromatic heterocycles. The lowest BCUT2D eigenvalue weighted by Gasteiger charge is -2.10. The van der Waals surface area contributed by atoms with Crippen molar-refractivity contribution in [1.82, 2.24) is 9.55 Å². The first kappa shape index (κ1) is 15.4. The Labute approximate surface area is 132 Å². The predicted molar refractivity (Wildman–Crippen MR) is 85.9 cm³/mol. The molecule has 6 heteroatoms. The molecule has 4 nitrogen and oxygen atoms in total. The van der Waals surface area contributed by atoms with Gasteiger partial charge in [-0.05, 0) is 47.5 Å². The fraction of sp³-hybridized carbons (Fsp3) is 0.357. The van der Waals surface area contributed by atoms with Crippen molar-refractivity contribution in [2.24, 2.45) is 0 Å². The second kappa shape index (κ2) is 7.11. The Morgan fingerprint density at radius 3 is 2.95 bits per heavy atom. The number of benzene rings is 1.